The van der Waals surface area contributed by atoms with Gasteiger partial charge in [-0.15, -0.1) is 0 Å². The molecule has 0 saturated heterocycles. The Kier molecular flexibility index (Phi) is 3.54. The molecule has 0 atom stereocenters. The maximum absolute atomic E-state index is 13.1. The van der Waals surface area contributed by atoms with E-state index in [1.807, 2.05) is 13.8 Å². The van der Waals surface area contributed by atoms with E-state index in [1.165, 1.54) is 12.1 Å². The normalized spacial score (nSPS) is 11.8. The zero-order valence-electron chi connectivity index (χ0n) is 11.1. The Morgan fingerprint density at radius 3 is 2.68 bits per heavy atom. The van der Waals surface area contributed by atoms with Crippen LogP contribution < -0.4 is 5.73 Å². The van der Waals surface area contributed by atoms with Crippen molar-refractivity contribution in [2.75, 3.05) is 5.73 Å². The van der Waals surface area contributed by atoms with Gasteiger partial charge in [0.2, 0.25) is 5.88 Å². The van der Waals surface area contributed by atoms with Gasteiger partial charge in [-0.3, -0.25) is 0 Å². The van der Waals surface area contributed by atoms with Crippen LogP contribution in [-0.2, 0) is 5.41 Å². The quantitative estimate of drug-likeness (QED) is 0.907. The molecule has 2 rings (SSSR count). The summed E-state index contributed by atoms with van der Waals surface area (Å²) >= 11 is 6.09. The lowest BCUT2D eigenvalue weighted by Gasteiger charge is -2.21. The molecule has 1 aromatic carbocycles. The average Bonchev–Trinajstić information content (AvgIpc) is 2.72. The van der Waals surface area contributed by atoms with Crippen molar-refractivity contribution in [1.82, 2.24) is 5.16 Å². The highest BCUT2D eigenvalue weighted by molar-refractivity contribution is 6.33. The number of halogens is 2. The highest BCUT2D eigenvalue weighted by Crippen LogP contribution is 2.41. The Balaban J connectivity index is 2.65. The van der Waals surface area contributed by atoms with Crippen molar-refractivity contribution in [2.45, 2.75) is 32.6 Å². The van der Waals surface area contributed by atoms with Gasteiger partial charge in [0.1, 0.15) is 5.82 Å². The third kappa shape index (κ3) is 2.45. The molecular weight excluding hydrogens is 267 g/mol. The smallest absolute Gasteiger partial charge is 0.230 e. The Hall–Kier alpha value is -1.55. The number of hydrogen-bond donors (Lipinski definition) is 1. The largest absolute Gasteiger partial charge is 0.367 e. The first-order valence-electron chi connectivity index (χ1n) is 6.08. The maximum atomic E-state index is 13.1. The lowest BCUT2D eigenvalue weighted by atomic mass is 9.83. The van der Waals surface area contributed by atoms with E-state index in [1.54, 1.807) is 6.07 Å². The number of aromatic nitrogens is 1. The van der Waals surface area contributed by atoms with E-state index in [0.717, 1.165) is 12.1 Å². The summed E-state index contributed by atoms with van der Waals surface area (Å²) in [6, 6.07) is 4.19. The van der Waals surface area contributed by atoms with Crippen LogP contribution in [0.1, 0.15) is 32.9 Å². The van der Waals surface area contributed by atoms with Gasteiger partial charge in [0.05, 0.1) is 16.3 Å². The Morgan fingerprint density at radius 2 is 2.11 bits per heavy atom. The fourth-order valence-corrected chi connectivity index (χ4v) is 2.15. The molecule has 102 valence electrons. The van der Waals surface area contributed by atoms with Crippen molar-refractivity contribution in [1.29, 1.82) is 0 Å². The number of rotatable bonds is 3. The summed E-state index contributed by atoms with van der Waals surface area (Å²) in [4.78, 5) is 0. The summed E-state index contributed by atoms with van der Waals surface area (Å²) in [5.74, 6) is -0.190. The highest BCUT2D eigenvalue weighted by Gasteiger charge is 2.29. The molecule has 0 bridgehead atoms. The van der Waals surface area contributed by atoms with E-state index in [2.05, 4.69) is 12.1 Å². The van der Waals surface area contributed by atoms with E-state index in [-0.39, 0.29) is 17.1 Å². The second-order valence-electron chi connectivity index (χ2n) is 5.13. The number of benzene rings is 1. The Bertz CT molecular complexity index is 607. The second-order valence-corrected chi connectivity index (χ2v) is 5.54. The highest BCUT2D eigenvalue weighted by atomic mass is 35.5. The molecular formula is C14H16ClFN2O. The number of anilines is 1. The van der Waals surface area contributed by atoms with E-state index in [4.69, 9.17) is 21.9 Å². The van der Waals surface area contributed by atoms with Crippen molar-refractivity contribution in [3.05, 3.63) is 34.7 Å². The van der Waals surface area contributed by atoms with Crippen LogP contribution in [0.3, 0.4) is 0 Å². The minimum atomic E-state index is -0.389. The summed E-state index contributed by atoms with van der Waals surface area (Å²) in [6.07, 6.45) is 0.866. The SMILES string of the molecule is CCC(C)(C)c1noc(N)c1-c1ccc(F)cc1Cl. The lowest BCUT2D eigenvalue weighted by Crippen LogP contribution is -2.17. The first-order chi connectivity index (χ1) is 8.86. The maximum Gasteiger partial charge on any atom is 0.230 e. The van der Waals surface area contributed by atoms with Crippen molar-refractivity contribution < 1.29 is 8.91 Å². The molecule has 0 saturated carbocycles. The Labute approximate surface area is 116 Å². The van der Waals surface area contributed by atoms with Crippen LogP contribution in [0.25, 0.3) is 11.1 Å². The summed E-state index contributed by atoms with van der Waals surface area (Å²) in [6.45, 7) is 6.15. The molecule has 5 heteroatoms. The molecule has 0 radical (unpaired) electrons. The van der Waals surface area contributed by atoms with Crippen molar-refractivity contribution >= 4 is 17.5 Å². The van der Waals surface area contributed by atoms with E-state index < -0.39 is 0 Å². The first-order valence-corrected chi connectivity index (χ1v) is 6.45. The van der Waals surface area contributed by atoms with Crippen LogP contribution in [0.5, 0.6) is 0 Å². The van der Waals surface area contributed by atoms with Crippen LogP contribution in [0.4, 0.5) is 10.3 Å². The molecule has 0 amide bonds. The van der Waals surface area contributed by atoms with Crippen LogP contribution in [0.15, 0.2) is 22.7 Å². The number of nitrogen functional groups attached to an aromatic ring is 1. The minimum Gasteiger partial charge on any atom is -0.367 e. The molecule has 0 aliphatic heterocycles. The fraction of sp³-hybridized carbons (Fsp3) is 0.357. The molecule has 2 aromatic rings. The summed E-state index contributed by atoms with van der Waals surface area (Å²) in [5.41, 5.74) is 7.67. The van der Waals surface area contributed by atoms with Gasteiger partial charge in [0, 0.05) is 11.0 Å². The van der Waals surface area contributed by atoms with Gasteiger partial charge in [0.15, 0.2) is 0 Å². The summed E-state index contributed by atoms with van der Waals surface area (Å²) in [5, 5.41) is 4.34. The molecule has 3 nitrogen and oxygen atoms in total. The molecule has 0 aliphatic rings. The third-order valence-electron chi connectivity index (χ3n) is 3.44. The summed E-state index contributed by atoms with van der Waals surface area (Å²) < 4.78 is 18.2. The van der Waals surface area contributed by atoms with Crippen LogP contribution in [0.2, 0.25) is 5.02 Å². The van der Waals surface area contributed by atoms with Crippen LogP contribution in [-0.4, -0.2) is 5.16 Å². The molecule has 0 fully saturated rings. The van der Waals surface area contributed by atoms with Gasteiger partial charge >= 0.3 is 0 Å². The van der Waals surface area contributed by atoms with E-state index in [9.17, 15) is 4.39 Å². The minimum absolute atomic E-state index is 0.199. The predicted octanol–water partition coefficient (Wildman–Crippen LogP) is 4.40. The zero-order chi connectivity index (χ0) is 14.2. The molecule has 0 spiro atoms. The molecule has 19 heavy (non-hydrogen) atoms. The number of nitrogens with two attached hydrogens (primary N) is 1. The Morgan fingerprint density at radius 1 is 1.42 bits per heavy atom. The van der Waals surface area contributed by atoms with Gasteiger partial charge in [-0.05, 0) is 24.6 Å². The van der Waals surface area contributed by atoms with E-state index >= 15 is 0 Å². The fourth-order valence-electron chi connectivity index (χ4n) is 1.88. The van der Waals surface area contributed by atoms with Crippen molar-refractivity contribution in [2.24, 2.45) is 0 Å². The van der Waals surface area contributed by atoms with Gasteiger partial charge in [-0.25, -0.2) is 4.39 Å². The molecule has 1 aromatic heterocycles. The molecule has 1 heterocycles. The van der Waals surface area contributed by atoms with Gasteiger partial charge in [0.25, 0.3) is 0 Å². The van der Waals surface area contributed by atoms with Crippen molar-refractivity contribution in [3.63, 3.8) is 0 Å². The van der Waals surface area contributed by atoms with Crippen LogP contribution in [0, 0.1) is 5.82 Å². The van der Waals surface area contributed by atoms with Gasteiger partial charge < -0.3 is 10.3 Å². The van der Waals surface area contributed by atoms with Gasteiger partial charge in [-0.1, -0.05) is 37.5 Å². The third-order valence-corrected chi connectivity index (χ3v) is 3.76. The number of nitrogens with zero attached hydrogens (tertiary/aromatic N) is 1. The topological polar surface area (TPSA) is 52.0 Å². The average molecular weight is 283 g/mol. The second kappa shape index (κ2) is 4.85. The first kappa shape index (κ1) is 13.9. The standard InChI is InChI=1S/C14H16ClFN2O/c1-4-14(2,3)12-11(13(17)19-18-12)9-6-5-8(16)7-10(9)15/h5-7H,4,17H2,1-3H3. The molecule has 0 aliphatic carbocycles. The van der Waals surface area contributed by atoms with Crippen LogP contribution >= 0.6 is 11.6 Å². The number of hydrogen-bond acceptors (Lipinski definition) is 3. The molecule has 0 unspecified atom stereocenters. The monoisotopic (exact) mass is 282 g/mol. The summed E-state index contributed by atoms with van der Waals surface area (Å²) in [7, 11) is 0. The van der Waals surface area contributed by atoms with Crippen molar-refractivity contribution in [3.8, 4) is 11.1 Å². The zero-order valence-corrected chi connectivity index (χ0v) is 11.9. The lowest BCUT2D eigenvalue weighted by molar-refractivity contribution is 0.391. The predicted molar refractivity (Wildman–Crippen MR) is 74.6 cm³/mol. The van der Waals surface area contributed by atoms with Gasteiger partial charge in [-0.2, -0.15) is 0 Å². The van der Waals surface area contributed by atoms with E-state index in [0.29, 0.717) is 16.1 Å². The molecule has 2 N–H and O–H groups in total.